The summed E-state index contributed by atoms with van der Waals surface area (Å²) in [6, 6.07) is 2.98. The normalized spacial score (nSPS) is 18.0. The monoisotopic (exact) mass is 306 g/mol. The maximum Gasteiger partial charge on any atom is 0.336 e. The highest BCUT2D eigenvalue weighted by Crippen LogP contribution is 2.38. The molecule has 6 heteroatoms. The summed E-state index contributed by atoms with van der Waals surface area (Å²) < 4.78 is 5.25. The van der Waals surface area contributed by atoms with Crippen LogP contribution < -0.4 is 9.64 Å². The fourth-order valence-corrected chi connectivity index (χ4v) is 2.99. The number of fused-ring (bicyclic) bond motifs is 1. The number of carbonyl (C=O) groups is 2. The van der Waals surface area contributed by atoms with Gasteiger partial charge in [-0.3, -0.25) is 9.69 Å². The molecule has 0 unspecified atom stereocenters. The van der Waals surface area contributed by atoms with E-state index in [0.29, 0.717) is 28.7 Å². The number of halogens is 1. The standard InChI is InChI=1S/C15H15ClN2O3/c1-9-7-10(16)12(8-13(9)21-2)18-14(19)11-5-3-4-6-17(11)15(18)20/h5,7-8H,3-4,6H2,1-2H3. The lowest BCUT2D eigenvalue weighted by atomic mass is 10.1. The number of ether oxygens (including phenoxy) is 1. The van der Waals surface area contributed by atoms with Gasteiger partial charge < -0.3 is 4.74 Å². The predicted molar refractivity (Wildman–Crippen MR) is 79.6 cm³/mol. The molecule has 0 atom stereocenters. The molecule has 3 rings (SSSR count). The molecule has 2 aliphatic heterocycles. The summed E-state index contributed by atoms with van der Waals surface area (Å²) in [6.45, 7) is 2.42. The van der Waals surface area contributed by atoms with E-state index in [2.05, 4.69) is 0 Å². The number of hydrogen-bond donors (Lipinski definition) is 0. The first-order valence-electron chi connectivity index (χ1n) is 6.75. The maximum absolute atomic E-state index is 12.5. The van der Waals surface area contributed by atoms with Crippen molar-refractivity contribution in [2.24, 2.45) is 0 Å². The summed E-state index contributed by atoms with van der Waals surface area (Å²) in [6.07, 6.45) is 3.48. The Hall–Kier alpha value is -2.01. The lowest BCUT2D eigenvalue weighted by molar-refractivity contribution is -0.114. The molecule has 0 saturated carbocycles. The fraction of sp³-hybridized carbons (Fsp3) is 0.333. The number of imide groups is 1. The molecule has 21 heavy (non-hydrogen) atoms. The van der Waals surface area contributed by atoms with Gasteiger partial charge in [0.25, 0.3) is 5.91 Å². The Bertz CT molecular complexity index is 669. The molecule has 1 fully saturated rings. The average Bonchev–Trinajstić information content (AvgIpc) is 2.72. The molecule has 0 aliphatic carbocycles. The minimum Gasteiger partial charge on any atom is -0.496 e. The summed E-state index contributed by atoms with van der Waals surface area (Å²) in [5.41, 5.74) is 1.66. The lowest BCUT2D eigenvalue weighted by Gasteiger charge is -2.20. The number of methoxy groups -OCH3 is 1. The van der Waals surface area contributed by atoms with E-state index in [9.17, 15) is 9.59 Å². The van der Waals surface area contributed by atoms with E-state index in [1.54, 1.807) is 19.2 Å². The van der Waals surface area contributed by atoms with Gasteiger partial charge in [0.15, 0.2) is 0 Å². The Labute approximate surface area is 127 Å². The van der Waals surface area contributed by atoms with Gasteiger partial charge >= 0.3 is 6.03 Å². The van der Waals surface area contributed by atoms with E-state index in [-0.39, 0.29) is 11.9 Å². The predicted octanol–water partition coefficient (Wildman–Crippen LogP) is 3.10. The second kappa shape index (κ2) is 5.07. The van der Waals surface area contributed by atoms with Crippen molar-refractivity contribution >= 4 is 29.2 Å². The van der Waals surface area contributed by atoms with Crippen molar-refractivity contribution in [3.63, 3.8) is 0 Å². The van der Waals surface area contributed by atoms with Gasteiger partial charge in [0, 0.05) is 12.6 Å². The van der Waals surface area contributed by atoms with Crippen molar-refractivity contribution in [2.45, 2.75) is 19.8 Å². The molecule has 3 amide bonds. The van der Waals surface area contributed by atoms with Crippen LogP contribution in [0, 0.1) is 6.92 Å². The zero-order valence-corrected chi connectivity index (χ0v) is 12.6. The van der Waals surface area contributed by atoms with Gasteiger partial charge in [-0.15, -0.1) is 0 Å². The van der Waals surface area contributed by atoms with E-state index < -0.39 is 0 Å². The summed E-state index contributed by atoms with van der Waals surface area (Å²) in [5, 5.41) is 0.357. The van der Waals surface area contributed by atoms with Crippen LogP contribution in [0.3, 0.4) is 0 Å². The van der Waals surface area contributed by atoms with Crippen molar-refractivity contribution < 1.29 is 14.3 Å². The van der Waals surface area contributed by atoms with Crippen molar-refractivity contribution in [3.8, 4) is 5.75 Å². The Kier molecular flexibility index (Phi) is 3.37. The first-order chi connectivity index (χ1) is 10.0. The molecule has 2 heterocycles. The van der Waals surface area contributed by atoms with Crippen molar-refractivity contribution in [3.05, 3.63) is 34.5 Å². The van der Waals surface area contributed by atoms with E-state index in [4.69, 9.17) is 16.3 Å². The van der Waals surface area contributed by atoms with Gasteiger partial charge in [-0.05, 0) is 31.4 Å². The number of nitrogens with zero attached hydrogens (tertiary/aromatic N) is 2. The molecule has 0 bridgehead atoms. The summed E-state index contributed by atoms with van der Waals surface area (Å²) >= 11 is 6.23. The summed E-state index contributed by atoms with van der Waals surface area (Å²) in [4.78, 5) is 27.6. The minimum atomic E-state index is -0.348. The molecule has 1 saturated heterocycles. The van der Waals surface area contributed by atoms with Crippen LogP contribution in [-0.2, 0) is 4.79 Å². The number of benzene rings is 1. The van der Waals surface area contributed by atoms with Crippen LogP contribution in [0.4, 0.5) is 10.5 Å². The van der Waals surface area contributed by atoms with E-state index in [1.165, 1.54) is 4.90 Å². The molecular formula is C15H15ClN2O3. The Morgan fingerprint density at radius 2 is 2.05 bits per heavy atom. The fourth-order valence-electron chi connectivity index (χ4n) is 2.69. The minimum absolute atomic E-state index is 0.326. The molecule has 0 radical (unpaired) electrons. The topological polar surface area (TPSA) is 49.9 Å². The van der Waals surface area contributed by atoms with Crippen LogP contribution in [0.15, 0.2) is 23.9 Å². The van der Waals surface area contributed by atoms with E-state index >= 15 is 0 Å². The average molecular weight is 307 g/mol. The first-order valence-corrected chi connectivity index (χ1v) is 7.12. The van der Waals surface area contributed by atoms with Crippen molar-refractivity contribution in [1.29, 1.82) is 0 Å². The molecule has 0 aromatic heterocycles. The number of hydrogen-bond acceptors (Lipinski definition) is 3. The molecule has 110 valence electrons. The van der Waals surface area contributed by atoms with Gasteiger partial charge in [-0.1, -0.05) is 17.7 Å². The van der Waals surface area contributed by atoms with E-state index in [0.717, 1.165) is 23.3 Å². The van der Waals surface area contributed by atoms with Gasteiger partial charge in [0.2, 0.25) is 0 Å². The Morgan fingerprint density at radius 1 is 1.29 bits per heavy atom. The van der Waals surface area contributed by atoms with Crippen LogP contribution in [-0.4, -0.2) is 30.5 Å². The maximum atomic E-state index is 12.5. The number of anilines is 1. The smallest absolute Gasteiger partial charge is 0.336 e. The van der Waals surface area contributed by atoms with Crippen molar-refractivity contribution in [1.82, 2.24) is 4.90 Å². The number of aryl methyl sites for hydroxylation is 1. The van der Waals surface area contributed by atoms with Crippen molar-refractivity contribution in [2.75, 3.05) is 18.6 Å². The SMILES string of the molecule is COc1cc(N2C(=O)C3=CCCCN3C2=O)c(Cl)cc1C. The largest absolute Gasteiger partial charge is 0.496 e. The van der Waals surface area contributed by atoms with E-state index in [1.807, 2.05) is 13.0 Å². The summed E-state index contributed by atoms with van der Waals surface area (Å²) in [7, 11) is 1.54. The lowest BCUT2D eigenvalue weighted by Crippen LogP contribution is -2.34. The Morgan fingerprint density at radius 3 is 2.71 bits per heavy atom. The third kappa shape index (κ3) is 2.08. The van der Waals surface area contributed by atoms with Crippen LogP contribution in [0.2, 0.25) is 5.02 Å². The first kappa shape index (κ1) is 13.9. The number of allylic oxidation sites excluding steroid dienone is 1. The second-order valence-electron chi connectivity index (χ2n) is 5.08. The molecule has 0 spiro atoms. The summed E-state index contributed by atoms with van der Waals surface area (Å²) in [5.74, 6) is 0.265. The highest BCUT2D eigenvalue weighted by molar-refractivity contribution is 6.37. The highest BCUT2D eigenvalue weighted by atomic mass is 35.5. The molecule has 2 aliphatic rings. The number of carbonyl (C=O) groups excluding carboxylic acids is 2. The van der Waals surface area contributed by atoms with Crippen LogP contribution >= 0.6 is 11.6 Å². The number of urea groups is 1. The van der Waals surface area contributed by atoms with Crippen LogP contribution in [0.1, 0.15) is 18.4 Å². The highest BCUT2D eigenvalue weighted by Gasteiger charge is 2.43. The third-order valence-electron chi connectivity index (χ3n) is 3.76. The zero-order chi connectivity index (χ0) is 15.1. The zero-order valence-electron chi connectivity index (χ0n) is 11.9. The number of amides is 3. The molecule has 1 aromatic carbocycles. The third-order valence-corrected chi connectivity index (χ3v) is 4.07. The molecule has 1 aromatic rings. The number of rotatable bonds is 2. The molecular weight excluding hydrogens is 292 g/mol. The molecule has 5 nitrogen and oxygen atoms in total. The quantitative estimate of drug-likeness (QED) is 0.789. The van der Waals surface area contributed by atoms with Crippen LogP contribution in [0.25, 0.3) is 0 Å². The molecule has 0 N–H and O–H groups in total. The van der Waals surface area contributed by atoms with Gasteiger partial charge in [0.1, 0.15) is 11.4 Å². The van der Waals surface area contributed by atoms with Gasteiger partial charge in [-0.2, -0.15) is 0 Å². The van der Waals surface area contributed by atoms with Gasteiger partial charge in [0.05, 0.1) is 17.8 Å². The van der Waals surface area contributed by atoms with Gasteiger partial charge in [-0.25, -0.2) is 9.69 Å². The second-order valence-corrected chi connectivity index (χ2v) is 5.49. The Balaban J connectivity index is 2.09. The van der Waals surface area contributed by atoms with Crippen LogP contribution in [0.5, 0.6) is 5.75 Å².